The summed E-state index contributed by atoms with van der Waals surface area (Å²) < 4.78 is 0. The van der Waals surface area contributed by atoms with E-state index in [4.69, 9.17) is 11.6 Å². The lowest BCUT2D eigenvalue weighted by atomic mass is 10.2. The molecule has 0 aromatic heterocycles. The number of hydrogen-bond acceptors (Lipinski definition) is 5. The van der Waals surface area contributed by atoms with Crippen molar-refractivity contribution in [3.8, 4) is 0 Å². The highest BCUT2D eigenvalue weighted by Crippen LogP contribution is 2.30. The van der Waals surface area contributed by atoms with Crippen molar-refractivity contribution in [2.24, 2.45) is 0 Å². The summed E-state index contributed by atoms with van der Waals surface area (Å²) in [6.45, 7) is 7.39. The molecule has 7 nitrogen and oxygen atoms in total. The van der Waals surface area contributed by atoms with Crippen LogP contribution in [0.5, 0.6) is 0 Å². The number of anilines is 1. The summed E-state index contributed by atoms with van der Waals surface area (Å²) in [4.78, 5) is 26.5. The van der Waals surface area contributed by atoms with E-state index in [0.29, 0.717) is 11.6 Å². The second kappa shape index (κ2) is 8.30. The number of nitrogens with one attached hydrogen (secondary N) is 1. The van der Waals surface area contributed by atoms with Crippen LogP contribution in [0.4, 0.5) is 11.4 Å². The van der Waals surface area contributed by atoms with Gasteiger partial charge in [-0.2, -0.15) is 0 Å². The van der Waals surface area contributed by atoms with Gasteiger partial charge in [-0.15, -0.1) is 0 Å². The fraction of sp³-hybridized carbons (Fsp3) is 0.562. The van der Waals surface area contributed by atoms with Crippen LogP contribution in [0.3, 0.4) is 0 Å². The van der Waals surface area contributed by atoms with Crippen LogP contribution in [0.1, 0.15) is 20.3 Å². The minimum atomic E-state index is -0.455. The maximum absolute atomic E-state index is 11.9. The SMILES string of the molecule is CCC(C)NC(=O)CN1CCN(c2ccc([N+](=O)[O-])cc2Cl)CC1. The molecular formula is C16H23ClN4O3. The first kappa shape index (κ1) is 18.5. The van der Waals surface area contributed by atoms with Gasteiger partial charge < -0.3 is 10.2 Å². The van der Waals surface area contributed by atoms with Crippen LogP contribution in [0.25, 0.3) is 0 Å². The van der Waals surface area contributed by atoms with E-state index in [1.54, 1.807) is 6.07 Å². The fourth-order valence-corrected chi connectivity index (χ4v) is 2.93. The van der Waals surface area contributed by atoms with Gasteiger partial charge in [0.1, 0.15) is 0 Å². The number of amides is 1. The first-order valence-corrected chi connectivity index (χ1v) is 8.49. The molecule has 2 rings (SSSR count). The third-order valence-corrected chi connectivity index (χ3v) is 4.54. The Morgan fingerprint density at radius 2 is 2.04 bits per heavy atom. The number of benzene rings is 1. The number of nitro benzene ring substituents is 1. The molecule has 1 heterocycles. The predicted octanol–water partition coefficient (Wildman–Crippen LogP) is 2.28. The minimum Gasteiger partial charge on any atom is -0.368 e. The van der Waals surface area contributed by atoms with Crippen molar-refractivity contribution in [1.82, 2.24) is 10.2 Å². The van der Waals surface area contributed by atoms with Crippen molar-refractivity contribution in [1.29, 1.82) is 0 Å². The average Bonchev–Trinajstić information content (AvgIpc) is 2.55. The van der Waals surface area contributed by atoms with E-state index >= 15 is 0 Å². The topological polar surface area (TPSA) is 78.7 Å². The molecule has 1 saturated heterocycles. The number of non-ortho nitro benzene ring substituents is 1. The monoisotopic (exact) mass is 354 g/mol. The minimum absolute atomic E-state index is 0.0101. The number of carbonyl (C=O) groups excluding carboxylic acids is 1. The van der Waals surface area contributed by atoms with Gasteiger partial charge in [-0.1, -0.05) is 18.5 Å². The lowest BCUT2D eigenvalue weighted by Gasteiger charge is -2.36. The normalized spacial score (nSPS) is 16.7. The molecule has 1 amide bonds. The Labute approximate surface area is 146 Å². The number of hydrogen-bond donors (Lipinski definition) is 1. The van der Waals surface area contributed by atoms with Gasteiger partial charge in [0.15, 0.2) is 0 Å². The molecule has 24 heavy (non-hydrogen) atoms. The second-order valence-electron chi connectivity index (χ2n) is 6.03. The average molecular weight is 355 g/mol. The van der Waals surface area contributed by atoms with Gasteiger partial charge in [0.05, 0.1) is 22.2 Å². The molecule has 1 aromatic carbocycles. The summed E-state index contributed by atoms with van der Waals surface area (Å²) in [6.07, 6.45) is 0.915. The zero-order valence-corrected chi connectivity index (χ0v) is 14.8. The second-order valence-corrected chi connectivity index (χ2v) is 6.44. The number of rotatable bonds is 6. The molecule has 1 aliphatic heterocycles. The summed E-state index contributed by atoms with van der Waals surface area (Å²) in [7, 11) is 0. The zero-order valence-electron chi connectivity index (χ0n) is 14.0. The van der Waals surface area contributed by atoms with Crippen LogP contribution < -0.4 is 10.2 Å². The Hall–Kier alpha value is -1.86. The molecule has 1 aromatic rings. The van der Waals surface area contributed by atoms with Crippen LogP contribution >= 0.6 is 11.6 Å². The highest BCUT2D eigenvalue weighted by Gasteiger charge is 2.22. The van der Waals surface area contributed by atoms with Gasteiger partial charge >= 0.3 is 0 Å². The lowest BCUT2D eigenvalue weighted by Crippen LogP contribution is -2.50. The molecule has 0 bridgehead atoms. The van der Waals surface area contributed by atoms with Crippen molar-refractivity contribution < 1.29 is 9.72 Å². The van der Waals surface area contributed by atoms with Crippen molar-refractivity contribution in [3.63, 3.8) is 0 Å². The third kappa shape index (κ3) is 4.82. The summed E-state index contributed by atoms with van der Waals surface area (Å²) in [5, 5.41) is 14.1. The Morgan fingerprint density at radius 3 is 2.58 bits per heavy atom. The van der Waals surface area contributed by atoms with Gasteiger partial charge in [-0.05, 0) is 19.4 Å². The molecule has 1 aliphatic rings. The number of piperazine rings is 1. The van der Waals surface area contributed by atoms with Crippen LogP contribution in [0.15, 0.2) is 18.2 Å². The fourth-order valence-electron chi connectivity index (χ4n) is 2.64. The number of carbonyl (C=O) groups is 1. The Bertz CT molecular complexity index is 603. The summed E-state index contributed by atoms with van der Waals surface area (Å²) >= 11 is 6.18. The molecule has 0 radical (unpaired) electrons. The largest absolute Gasteiger partial charge is 0.368 e. The lowest BCUT2D eigenvalue weighted by molar-refractivity contribution is -0.384. The Morgan fingerprint density at radius 1 is 1.38 bits per heavy atom. The van der Waals surface area contributed by atoms with E-state index in [0.717, 1.165) is 38.3 Å². The number of nitro groups is 1. The quantitative estimate of drug-likeness (QED) is 0.626. The molecule has 1 atom stereocenters. The molecule has 1 unspecified atom stereocenters. The van der Waals surface area contributed by atoms with Gasteiger partial charge in [0.25, 0.3) is 5.69 Å². The van der Waals surface area contributed by atoms with Crippen molar-refractivity contribution in [2.75, 3.05) is 37.6 Å². The van der Waals surface area contributed by atoms with E-state index in [1.807, 2.05) is 13.8 Å². The van der Waals surface area contributed by atoms with E-state index < -0.39 is 4.92 Å². The molecule has 1 N–H and O–H groups in total. The molecule has 0 aliphatic carbocycles. The molecular weight excluding hydrogens is 332 g/mol. The number of halogens is 1. The molecule has 1 fully saturated rings. The van der Waals surface area contributed by atoms with E-state index in [2.05, 4.69) is 15.1 Å². The predicted molar refractivity (Wildman–Crippen MR) is 94.7 cm³/mol. The van der Waals surface area contributed by atoms with Gasteiger partial charge in [0, 0.05) is 44.4 Å². The summed E-state index contributed by atoms with van der Waals surface area (Å²) in [5.74, 6) is 0.0474. The van der Waals surface area contributed by atoms with E-state index in [9.17, 15) is 14.9 Å². The van der Waals surface area contributed by atoms with Crippen molar-refractivity contribution >= 4 is 28.9 Å². The van der Waals surface area contributed by atoms with E-state index in [-0.39, 0.29) is 17.6 Å². The zero-order chi connectivity index (χ0) is 17.7. The molecule has 8 heteroatoms. The first-order chi connectivity index (χ1) is 11.4. The summed E-state index contributed by atoms with van der Waals surface area (Å²) in [5.41, 5.74) is 0.787. The van der Waals surface area contributed by atoms with Crippen LogP contribution in [0.2, 0.25) is 5.02 Å². The maximum Gasteiger partial charge on any atom is 0.271 e. The third-order valence-electron chi connectivity index (χ3n) is 4.24. The summed E-state index contributed by atoms with van der Waals surface area (Å²) in [6, 6.07) is 4.72. The van der Waals surface area contributed by atoms with Gasteiger partial charge in [0.2, 0.25) is 5.91 Å². The first-order valence-electron chi connectivity index (χ1n) is 8.11. The Kier molecular flexibility index (Phi) is 6.39. The maximum atomic E-state index is 11.9. The van der Waals surface area contributed by atoms with Gasteiger partial charge in [-0.3, -0.25) is 19.8 Å². The smallest absolute Gasteiger partial charge is 0.271 e. The molecule has 132 valence electrons. The number of nitrogens with zero attached hydrogens (tertiary/aromatic N) is 3. The van der Waals surface area contributed by atoms with Crippen LogP contribution in [-0.4, -0.2) is 54.5 Å². The molecule has 0 saturated carbocycles. The van der Waals surface area contributed by atoms with Crippen molar-refractivity contribution in [2.45, 2.75) is 26.3 Å². The standard InChI is InChI=1S/C16H23ClN4O3/c1-3-12(2)18-16(22)11-19-6-8-20(9-7-19)15-5-4-13(21(23)24)10-14(15)17/h4-5,10,12H,3,6-9,11H2,1-2H3,(H,18,22). The van der Waals surface area contributed by atoms with Crippen LogP contribution in [-0.2, 0) is 4.79 Å². The van der Waals surface area contributed by atoms with Gasteiger partial charge in [-0.25, -0.2) is 0 Å². The van der Waals surface area contributed by atoms with E-state index in [1.165, 1.54) is 12.1 Å². The van der Waals surface area contributed by atoms with Crippen LogP contribution in [0, 0.1) is 10.1 Å². The highest BCUT2D eigenvalue weighted by molar-refractivity contribution is 6.33. The molecule has 0 spiro atoms. The Balaban J connectivity index is 1.89. The highest BCUT2D eigenvalue weighted by atomic mass is 35.5. The van der Waals surface area contributed by atoms with Crippen molar-refractivity contribution in [3.05, 3.63) is 33.3 Å².